The van der Waals surface area contributed by atoms with Gasteiger partial charge in [0.2, 0.25) is 10.0 Å². The van der Waals surface area contributed by atoms with Crippen LogP contribution in [0.15, 0.2) is 59.5 Å². The number of carbonyl (C=O) groups excluding carboxylic acids is 1. The summed E-state index contributed by atoms with van der Waals surface area (Å²) in [6.07, 6.45) is -0.838. The van der Waals surface area contributed by atoms with E-state index in [1.54, 1.807) is 30.3 Å². The number of amides is 1. The number of ether oxygens (including phenoxy) is 1. The topological polar surface area (TPSA) is 95.9 Å². The summed E-state index contributed by atoms with van der Waals surface area (Å²) in [4.78, 5) is 12.5. The minimum Gasteiger partial charge on any atom is -0.387 e. The zero-order valence-electron chi connectivity index (χ0n) is 14.7. The molecule has 3 rings (SSSR count). The van der Waals surface area contributed by atoms with Gasteiger partial charge in [-0.25, -0.2) is 8.42 Å². The lowest BCUT2D eigenvalue weighted by molar-refractivity contribution is 0.0730. The summed E-state index contributed by atoms with van der Waals surface area (Å²) in [7, 11) is -3.67. The van der Waals surface area contributed by atoms with Crippen molar-refractivity contribution in [2.24, 2.45) is 0 Å². The first kappa shape index (κ1) is 19.5. The van der Waals surface area contributed by atoms with Gasteiger partial charge in [0.25, 0.3) is 5.91 Å². The quantitative estimate of drug-likeness (QED) is 0.772. The fourth-order valence-electron chi connectivity index (χ4n) is 2.82. The average Bonchev–Trinajstić information content (AvgIpc) is 2.73. The highest BCUT2D eigenvalue weighted by Crippen LogP contribution is 2.18. The molecule has 144 valence electrons. The summed E-state index contributed by atoms with van der Waals surface area (Å²) >= 11 is 0. The van der Waals surface area contributed by atoms with Gasteiger partial charge in [-0.3, -0.25) is 4.79 Å². The lowest BCUT2D eigenvalue weighted by Crippen LogP contribution is -2.40. The van der Waals surface area contributed by atoms with Crippen LogP contribution >= 0.6 is 0 Å². The van der Waals surface area contributed by atoms with Gasteiger partial charge < -0.3 is 15.2 Å². The maximum Gasteiger partial charge on any atom is 0.251 e. The van der Waals surface area contributed by atoms with Crippen molar-refractivity contribution in [2.75, 3.05) is 32.8 Å². The van der Waals surface area contributed by atoms with E-state index < -0.39 is 22.0 Å². The van der Waals surface area contributed by atoms with Crippen molar-refractivity contribution in [3.05, 3.63) is 65.7 Å². The molecule has 1 aliphatic rings. The second-order valence-corrected chi connectivity index (χ2v) is 8.12. The maximum absolute atomic E-state index is 12.7. The molecule has 2 N–H and O–H groups in total. The largest absolute Gasteiger partial charge is 0.387 e. The number of nitrogens with zero attached hydrogens (tertiary/aromatic N) is 1. The summed E-state index contributed by atoms with van der Waals surface area (Å²) in [6, 6.07) is 14.9. The molecule has 1 heterocycles. The van der Waals surface area contributed by atoms with Crippen molar-refractivity contribution in [1.82, 2.24) is 9.62 Å². The van der Waals surface area contributed by atoms with Crippen LogP contribution in [0.1, 0.15) is 22.0 Å². The van der Waals surface area contributed by atoms with Crippen LogP contribution in [0.5, 0.6) is 0 Å². The Bertz CT molecular complexity index is 880. The molecule has 27 heavy (non-hydrogen) atoms. The van der Waals surface area contributed by atoms with Crippen LogP contribution in [0.4, 0.5) is 0 Å². The van der Waals surface area contributed by atoms with Crippen molar-refractivity contribution < 1.29 is 23.1 Å². The monoisotopic (exact) mass is 390 g/mol. The van der Waals surface area contributed by atoms with E-state index in [1.165, 1.54) is 22.5 Å². The van der Waals surface area contributed by atoms with Gasteiger partial charge in [-0.1, -0.05) is 36.4 Å². The molecule has 0 spiro atoms. The van der Waals surface area contributed by atoms with Gasteiger partial charge in [0.15, 0.2) is 0 Å². The van der Waals surface area contributed by atoms with Crippen molar-refractivity contribution >= 4 is 15.9 Å². The lowest BCUT2D eigenvalue weighted by Gasteiger charge is -2.26. The number of aliphatic hydroxyl groups is 1. The number of benzene rings is 2. The number of hydrogen-bond donors (Lipinski definition) is 2. The second kappa shape index (κ2) is 8.62. The van der Waals surface area contributed by atoms with E-state index in [0.717, 1.165) is 0 Å². The zero-order chi connectivity index (χ0) is 19.3. The van der Waals surface area contributed by atoms with Gasteiger partial charge in [-0.2, -0.15) is 4.31 Å². The molecule has 0 bridgehead atoms. The first-order chi connectivity index (χ1) is 13.0. The van der Waals surface area contributed by atoms with Gasteiger partial charge in [-0.05, 0) is 23.8 Å². The van der Waals surface area contributed by atoms with E-state index >= 15 is 0 Å². The summed E-state index contributed by atoms with van der Waals surface area (Å²) in [5, 5.41) is 12.8. The molecule has 2 aromatic carbocycles. The van der Waals surface area contributed by atoms with Gasteiger partial charge >= 0.3 is 0 Å². The summed E-state index contributed by atoms with van der Waals surface area (Å²) in [6.45, 7) is 1.33. The number of aliphatic hydroxyl groups excluding tert-OH is 1. The second-order valence-electron chi connectivity index (χ2n) is 6.18. The Morgan fingerprint density at radius 1 is 1.11 bits per heavy atom. The molecule has 1 amide bonds. The van der Waals surface area contributed by atoms with Crippen molar-refractivity contribution in [3.8, 4) is 0 Å². The number of carbonyl (C=O) groups is 1. The maximum atomic E-state index is 12.7. The van der Waals surface area contributed by atoms with Crippen molar-refractivity contribution in [2.45, 2.75) is 11.0 Å². The molecule has 0 unspecified atom stereocenters. The van der Waals surface area contributed by atoms with Crippen molar-refractivity contribution in [1.29, 1.82) is 0 Å². The Morgan fingerprint density at radius 2 is 1.81 bits per heavy atom. The average molecular weight is 390 g/mol. The predicted molar refractivity (Wildman–Crippen MR) is 99.8 cm³/mol. The van der Waals surface area contributed by atoms with E-state index in [1.807, 2.05) is 6.07 Å². The molecular weight excluding hydrogens is 368 g/mol. The van der Waals surface area contributed by atoms with E-state index in [4.69, 9.17) is 4.74 Å². The normalized spacial score (nSPS) is 16.6. The number of hydrogen-bond acceptors (Lipinski definition) is 5. The molecule has 1 fully saturated rings. The van der Waals surface area contributed by atoms with Crippen LogP contribution in [0.2, 0.25) is 0 Å². The first-order valence-corrected chi connectivity index (χ1v) is 10.1. The smallest absolute Gasteiger partial charge is 0.251 e. The Labute approximate surface area is 158 Å². The highest BCUT2D eigenvalue weighted by molar-refractivity contribution is 7.89. The van der Waals surface area contributed by atoms with Crippen molar-refractivity contribution in [3.63, 3.8) is 0 Å². The number of sulfonamides is 1. The third-order valence-corrected chi connectivity index (χ3v) is 6.24. The predicted octanol–water partition coefficient (Wildman–Crippen LogP) is 1.17. The first-order valence-electron chi connectivity index (χ1n) is 8.67. The summed E-state index contributed by atoms with van der Waals surface area (Å²) < 4.78 is 32.0. The summed E-state index contributed by atoms with van der Waals surface area (Å²) in [5.74, 6) is -0.441. The lowest BCUT2D eigenvalue weighted by atomic mass is 10.1. The summed E-state index contributed by atoms with van der Waals surface area (Å²) in [5.41, 5.74) is 0.922. The van der Waals surface area contributed by atoms with Crippen LogP contribution in [-0.4, -0.2) is 56.6 Å². The van der Waals surface area contributed by atoms with E-state index in [0.29, 0.717) is 31.9 Å². The van der Waals surface area contributed by atoms with Crippen LogP contribution in [-0.2, 0) is 14.8 Å². The SMILES string of the molecule is O=C(NC[C@H](O)c1ccccc1)c1cccc(S(=O)(=O)N2CCOCC2)c1. The molecule has 8 heteroatoms. The van der Waals surface area contributed by atoms with Crippen LogP contribution in [0, 0.1) is 0 Å². The Morgan fingerprint density at radius 3 is 2.52 bits per heavy atom. The van der Waals surface area contributed by atoms with Gasteiger partial charge in [-0.15, -0.1) is 0 Å². The fraction of sp³-hybridized carbons (Fsp3) is 0.316. The van der Waals surface area contributed by atoms with Crippen LogP contribution in [0.3, 0.4) is 0 Å². The zero-order valence-corrected chi connectivity index (χ0v) is 15.6. The van der Waals surface area contributed by atoms with Crippen LogP contribution < -0.4 is 5.32 Å². The van der Waals surface area contributed by atoms with Gasteiger partial charge in [0.05, 0.1) is 24.2 Å². The van der Waals surface area contributed by atoms with Gasteiger partial charge in [0.1, 0.15) is 0 Å². The fourth-order valence-corrected chi connectivity index (χ4v) is 4.27. The minimum atomic E-state index is -3.67. The van der Waals surface area contributed by atoms with Gasteiger partial charge in [0, 0.05) is 25.2 Å². The highest BCUT2D eigenvalue weighted by Gasteiger charge is 2.26. The number of morpholine rings is 1. The molecular formula is C19H22N2O5S. The van der Waals surface area contributed by atoms with E-state index in [9.17, 15) is 18.3 Å². The standard InChI is InChI=1S/C19H22N2O5S/c22-18(15-5-2-1-3-6-15)14-20-19(23)16-7-4-8-17(13-16)27(24,25)21-9-11-26-12-10-21/h1-8,13,18,22H,9-12,14H2,(H,20,23)/t18-/m0/s1. The Balaban J connectivity index is 1.68. The molecule has 1 atom stereocenters. The Hall–Kier alpha value is -2.26. The molecule has 0 aromatic heterocycles. The molecule has 0 aliphatic carbocycles. The third kappa shape index (κ3) is 4.72. The molecule has 2 aromatic rings. The van der Waals surface area contributed by atoms with Crippen LogP contribution in [0.25, 0.3) is 0 Å². The molecule has 0 radical (unpaired) electrons. The van der Waals surface area contributed by atoms with E-state index in [2.05, 4.69) is 5.32 Å². The highest BCUT2D eigenvalue weighted by atomic mass is 32.2. The molecule has 1 aliphatic heterocycles. The molecule has 0 saturated carbocycles. The Kier molecular flexibility index (Phi) is 6.22. The third-order valence-electron chi connectivity index (χ3n) is 4.34. The number of rotatable bonds is 6. The molecule has 7 nitrogen and oxygen atoms in total. The minimum absolute atomic E-state index is 0.0310. The molecule has 1 saturated heterocycles. The number of nitrogens with one attached hydrogen (secondary N) is 1. The van der Waals surface area contributed by atoms with E-state index in [-0.39, 0.29) is 17.0 Å².